The largest absolute Gasteiger partial charge is 0.459 e. The fourth-order valence-electron chi connectivity index (χ4n) is 6.22. The monoisotopic (exact) mass is 741 g/mol. The Morgan fingerprint density at radius 3 is 1.84 bits per heavy atom. The molecule has 55 heavy (non-hydrogen) atoms. The summed E-state index contributed by atoms with van der Waals surface area (Å²) in [5.41, 5.74) is 0.387. The lowest BCUT2D eigenvalue weighted by Gasteiger charge is -2.33. The molecule has 0 spiro atoms. The third-order valence-electron chi connectivity index (χ3n) is 8.84. The average molecular weight is 742 g/mol. The molecule has 0 saturated carbocycles. The summed E-state index contributed by atoms with van der Waals surface area (Å²) in [7, 11) is 0. The minimum atomic E-state index is -1.76. The quantitative estimate of drug-likeness (QED) is 0.115. The van der Waals surface area contributed by atoms with Gasteiger partial charge in [-0.15, -0.1) is 0 Å². The van der Waals surface area contributed by atoms with Gasteiger partial charge in [0.2, 0.25) is 0 Å². The van der Waals surface area contributed by atoms with Crippen LogP contribution < -0.4 is 5.32 Å². The van der Waals surface area contributed by atoms with Crippen LogP contribution in [0.4, 0.5) is 5.82 Å². The number of amides is 1. The molecule has 0 aliphatic carbocycles. The van der Waals surface area contributed by atoms with Crippen LogP contribution in [0.1, 0.15) is 49.8 Å². The number of anilines is 1. The number of fused-ring (bicyclic) bond motifs is 1. The highest BCUT2D eigenvalue weighted by atomic mass is 16.7. The van der Waals surface area contributed by atoms with E-state index in [0.717, 1.165) is 5.56 Å². The number of aromatic nitrogens is 4. The molecular formula is C41H35N5O9. The zero-order valence-electron chi connectivity index (χ0n) is 29.5. The van der Waals surface area contributed by atoms with Gasteiger partial charge in [0.25, 0.3) is 5.91 Å². The second-order valence-electron chi connectivity index (χ2n) is 12.6. The number of ether oxygens (including phenoxy) is 5. The van der Waals surface area contributed by atoms with Gasteiger partial charge < -0.3 is 29.0 Å². The number of hydrogen-bond acceptors (Lipinski definition) is 12. The molecule has 14 nitrogen and oxygen atoms in total. The maximum absolute atomic E-state index is 13.4. The Labute approximate surface area is 315 Å². The van der Waals surface area contributed by atoms with Gasteiger partial charge in [0.05, 0.1) is 24.1 Å². The Hall–Kier alpha value is -6.77. The van der Waals surface area contributed by atoms with Gasteiger partial charge in [-0.25, -0.2) is 24.5 Å². The molecule has 278 valence electrons. The number of carbonyl (C=O) groups is 4. The van der Waals surface area contributed by atoms with Crippen molar-refractivity contribution in [2.45, 2.75) is 37.6 Å². The van der Waals surface area contributed by atoms with Crippen LogP contribution in [0.15, 0.2) is 134 Å². The SMILES string of the molecule is CC(=O)O[C@H]1[C@H](n2cnc3c(NC(=O)c4ccccc4)ncnc32)OC(COC(=O)c2ccccc2)(COC(=O)c2ccccc2)[C@@H]1OCc1ccccc1. The Morgan fingerprint density at radius 1 is 0.727 bits per heavy atom. The predicted octanol–water partition coefficient (Wildman–Crippen LogP) is 5.58. The summed E-state index contributed by atoms with van der Waals surface area (Å²) in [5.74, 6) is -2.31. The zero-order chi connectivity index (χ0) is 38.2. The van der Waals surface area contributed by atoms with Crippen molar-refractivity contribution in [3.8, 4) is 0 Å². The first-order valence-electron chi connectivity index (χ1n) is 17.3. The first kappa shape index (κ1) is 36.6. The number of esters is 3. The van der Waals surface area contributed by atoms with E-state index in [1.54, 1.807) is 91.0 Å². The van der Waals surface area contributed by atoms with E-state index in [0.29, 0.717) is 5.56 Å². The number of imidazole rings is 1. The van der Waals surface area contributed by atoms with Crippen LogP contribution in [0.2, 0.25) is 0 Å². The van der Waals surface area contributed by atoms with Gasteiger partial charge in [0, 0.05) is 12.5 Å². The lowest BCUT2D eigenvalue weighted by molar-refractivity contribution is -0.166. The fraction of sp³-hybridized carbons (Fsp3) is 0.195. The predicted molar refractivity (Wildman–Crippen MR) is 197 cm³/mol. The molecule has 1 fully saturated rings. The Morgan fingerprint density at radius 2 is 1.27 bits per heavy atom. The Bertz CT molecular complexity index is 2220. The Balaban J connectivity index is 1.29. The summed E-state index contributed by atoms with van der Waals surface area (Å²) >= 11 is 0. The minimum absolute atomic E-state index is 0.0167. The van der Waals surface area contributed by atoms with Crippen molar-refractivity contribution < 1.29 is 42.9 Å². The maximum Gasteiger partial charge on any atom is 0.338 e. The van der Waals surface area contributed by atoms with Crippen LogP contribution >= 0.6 is 0 Å². The van der Waals surface area contributed by atoms with Crippen molar-refractivity contribution in [1.29, 1.82) is 0 Å². The fourth-order valence-corrected chi connectivity index (χ4v) is 6.22. The van der Waals surface area contributed by atoms with E-state index in [2.05, 4.69) is 20.3 Å². The minimum Gasteiger partial charge on any atom is -0.459 e. The van der Waals surface area contributed by atoms with Crippen molar-refractivity contribution in [3.63, 3.8) is 0 Å². The van der Waals surface area contributed by atoms with Crippen LogP contribution in [0.5, 0.6) is 0 Å². The molecule has 1 amide bonds. The number of nitrogens with one attached hydrogen (secondary N) is 1. The highest BCUT2D eigenvalue weighted by molar-refractivity contribution is 6.06. The molecule has 4 aromatic carbocycles. The molecule has 7 rings (SSSR count). The molecule has 14 heteroatoms. The summed E-state index contributed by atoms with van der Waals surface area (Å²) in [6, 6.07) is 34.5. The van der Waals surface area contributed by atoms with Gasteiger partial charge in [-0.3, -0.25) is 14.2 Å². The summed E-state index contributed by atoms with van der Waals surface area (Å²) in [4.78, 5) is 65.9. The van der Waals surface area contributed by atoms with E-state index in [9.17, 15) is 19.2 Å². The smallest absolute Gasteiger partial charge is 0.338 e. The molecule has 2 aromatic heterocycles. The second kappa shape index (κ2) is 16.5. The van der Waals surface area contributed by atoms with Crippen LogP contribution in [-0.2, 0) is 35.1 Å². The molecule has 0 radical (unpaired) electrons. The number of hydrogen-bond donors (Lipinski definition) is 1. The normalized spacial score (nSPS) is 17.3. The topological polar surface area (TPSA) is 170 Å². The van der Waals surface area contributed by atoms with Gasteiger partial charge >= 0.3 is 17.9 Å². The molecule has 1 aliphatic rings. The number of benzene rings is 4. The zero-order valence-corrected chi connectivity index (χ0v) is 29.5. The molecular weight excluding hydrogens is 706 g/mol. The number of carbonyl (C=O) groups excluding carboxylic acids is 4. The van der Waals surface area contributed by atoms with E-state index in [-0.39, 0.29) is 34.7 Å². The third-order valence-corrected chi connectivity index (χ3v) is 8.84. The molecule has 6 aromatic rings. The van der Waals surface area contributed by atoms with Gasteiger partial charge in [-0.1, -0.05) is 84.9 Å². The number of rotatable bonds is 13. The van der Waals surface area contributed by atoms with Crippen LogP contribution in [0.3, 0.4) is 0 Å². The highest BCUT2D eigenvalue weighted by Crippen LogP contribution is 2.43. The lowest BCUT2D eigenvalue weighted by Crippen LogP contribution is -2.53. The van der Waals surface area contributed by atoms with Crippen molar-refractivity contribution >= 4 is 40.8 Å². The second-order valence-corrected chi connectivity index (χ2v) is 12.6. The van der Waals surface area contributed by atoms with Gasteiger partial charge in [0.1, 0.15) is 25.6 Å². The maximum atomic E-state index is 13.4. The van der Waals surface area contributed by atoms with Crippen molar-refractivity contribution in [3.05, 3.63) is 156 Å². The van der Waals surface area contributed by atoms with E-state index >= 15 is 0 Å². The summed E-state index contributed by atoms with van der Waals surface area (Å²) in [6.07, 6.45) is -1.02. The van der Waals surface area contributed by atoms with Gasteiger partial charge in [-0.2, -0.15) is 0 Å². The summed E-state index contributed by atoms with van der Waals surface area (Å²) in [5, 5.41) is 2.78. The first-order valence-corrected chi connectivity index (χ1v) is 17.3. The molecule has 1 N–H and O–H groups in total. The molecule has 0 unspecified atom stereocenters. The highest BCUT2D eigenvalue weighted by Gasteiger charge is 2.60. The molecule has 3 atom stereocenters. The van der Waals surface area contributed by atoms with Gasteiger partial charge in [0.15, 0.2) is 34.9 Å². The number of nitrogens with zero attached hydrogens (tertiary/aromatic N) is 4. The van der Waals surface area contributed by atoms with Crippen molar-refractivity contribution in [2.24, 2.45) is 0 Å². The van der Waals surface area contributed by atoms with Crippen LogP contribution in [0, 0.1) is 0 Å². The van der Waals surface area contributed by atoms with E-state index in [4.69, 9.17) is 23.7 Å². The third kappa shape index (κ3) is 8.25. The van der Waals surface area contributed by atoms with E-state index < -0.39 is 61.1 Å². The van der Waals surface area contributed by atoms with Crippen molar-refractivity contribution in [2.75, 3.05) is 18.5 Å². The van der Waals surface area contributed by atoms with Crippen molar-refractivity contribution in [1.82, 2.24) is 19.5 Å². The molecule has 0 bridgehead atoms. The van der Waals surface area contributed by atoms with E-state index in [1.165, 1.54) is 24.1 Å². The Kier molecular flexibility index (Phi) is 11.0. The van der Waals surface area contributed by atoms with Crippen LogP contribution in [-0.4, -0.2) is 74.4 Å². The summed E-state index contributed by atoms with van der Waals surface area (Å²) < 4.78 is 32.6. The van der Waals surface area contributed by atoms with E-state index in [1.807, 2.05) is 30.3 Å². The standard InChI is InChI=1S/C41H35N5O9/c1-27(47)54-33-34(51-22-28-14-6-2-7-15-28)41(23-52-39(49)30-18-10-4-11-19-30,24-53-40(50)31-20-12-5-13-21-31)55-38(33)46-26-44-32-35(42-25-43-36(32)46)45-37(48)29-16-8-3-9-17-29/h2-21,25-26,33-34,38H,22-24H2,1H3,(H,42,43,45,48)/t33-,34-,38-/m1/s1. The van der Waals surface area contributed by atoms with Gasteiger partial charge in [-0.05, 0) is 42.0 Å². The molecule has 1 saturated heterocycles. The molecule has 1 aliphatic heterocycles. The average Bonchev–Trinajstić information content (AvgIpc) is 3.78. The molecule has 3 heterocycles. The van der Waals surface area contributed by atoms with Crippen LogP contribution in [0.25, 0.3) is 11.2 Å². The lowest BCUT2D eigenvalue weighted by atomic mass is 9.96. The first-order chi connectivity index (χ1) is 26.8. The summed E-state index contributed by atoms with van der Waals surface area (Å²) in [6.45, 7) is 0.275.